The van der Waals surface area contributed by atoms with Crippen LogP contribution in [0.5, 0.6) is 0 Å². The molecule has 0 aliphatic carbocycles. The molecule has 0 unspecified atom stereocenters. The number of carbonyl (C=O) groups is 2. The van der Waals surface area contributed by atoms with Gasteiger partial charge in [0, 0.05) is 32.3 Å². The van der Waals surface area contributed by atoms with Crippen molar-refractivity contribution in [3.63, 3.8) is 0 Å². The van der Waals surface area contributed by atoms with Gasteiger partial charge in [0.2, 0.25) is 5.91 Å². The fourth-order valence-electron chi connectivity index (χ4n) is 2.84. The largest absolute Gasteiger partial charge is 0.356 e. The van der Waals surface area contributed by atoms with E-state index in [1.807, 2.05) is 4.90 Å². The topological polar surface area (TPSA) is 78.1 Å². The Morgan fingerprint density at radius 1 is 1.39 bits per heavy atom. The quantitative estimate of drug-likeness (QED) is 0.742. The number of piperidine rings is 1. The first kappa shape index (κ1) is 11.3. The maximum Gasteiger partial charge on any atom is 0.257 e. The average molecular weight is 248 g/mol. The summed E-state index contributed by atoms with van der Waals surface area (Å²) in [4.78, 5) is 25.3. The molecule has 2 amide bonds. The van der Waals surface area contributed by atoms with Crippen LogP contribution in [-0.4, -0.2) is 46.5 Å². The van der Waals surface area contributed by atoms with Gasteiger partial charge >= 0.3 is 0 Å². The number of nitrogens with one attached hydrogen (secondary N) is 2. The summed E-state index contributed by atoms with van der Waals surface area (Å²) in [5.41, 5.74) is 0.691. The summed E-state index contributed by atoms with van der Waals surface area (Å²) in [5, 5.41) is 9.34. The van der Waals surface area contributed by atoms with Crippen LogP contribution in [0, 0.1) is 5.41 Å². The molecule has 18 heavy (non-hydrogen) atoms. The minimum absolute atomic E-state index is 0.0240. The van der Waals surface area contributed by atoms with Crippen LogP contribution in [0.3, 0.4) is 0 Å². The van der Waals surface area contributed by atoms with Crippen molar-refractivity contribution in [3.8, 4) is 0 Å². The molecule has 0 atom stereocenters. The summed E-state index contributed by atoms with van der Waals surface area (Å²) in [5.74, 6) is 0.167. The second-order valence-electron chi connectivity index (χ2n) is 5.23. The molecule has 2 saturated heterocycles. The third-order valence-corrected chi connectivity index (χ3v) is 4.05. The van der Waals surface area contributed by atoms with Crippen LogP contribution in [0.2, 0.25) is 0 Å². The standard InChI is InChI=1S/C12H16N4O2/c17-10-5-12(8-13-10)1-3-16(4-2-12)11(18)9-6-14-15-7-9/h6-7H,1-5,8H2,(H,13,17)(H,14,15). The van der Waals surface area contributed by atoms with E-state index in [0.717, 1.165) is 32.5 Å². The van der Waals surface area contributed by atoms with E-state index in [1.165, 1.54) is 0 Å². The Morgan fingerprint density at radius 3 is 2.72 bits per heavy atom. The Kier molecular flexibility index (Phi) is 2.57. The van der Waals surface area contributed by atoms with Crippen LogP contribution in [0.15, 0.2) is 12.4 Å². The summed E-state index contributed by atoms with van der Waals surface area (Å²) in [7, 11) is 0. The van der Waals surface area contributed by atoms with E-state index in [-0.39, 0.29) is 17.2 Å². The molecule has 3 heterocycles. The van der Waals surface area contributed by atoms with Gasteiger partial charge in [-0.05, 0) is 18.3 Å². The van der Waals surface area contributed by atoms with Crippen molar-refractivity contribution in [1.29, 1.82) is 0 Å². The first-order valence-corrected chi connectivity index (χ1v) is 6.23. The second-order valence-corrected chi connectivity index (χ2v) is 5.23. The SMILES string of the molecule is O=C1CC2(CCN(C(=O)c3cn[nH]c3)CC2)CN1. The lowest BCUT2D eigenvalue weighted by molar-refractivity contribution is -0.119. The number of H-pyrrole nitrogens is 1. The van der Waals surface area contributed by atoms with Crippen molar-refractivity contribution < 1.29 is 9.59 Å². The van der Waals surface area contributed by atoms with Gasteiger partial charge in [-0.3, -0.25) is 14.7 Å². The Labute approximate surface area is 105 Å². The van der Waals surface area contributed by atoms with Crippen LogP contribution in [0.4, 0.5) is 0 Å². The average Bonchev–Trinajstić information content (AvgIpc) is 3.00. The van der Waals surface area contributed by atoms with Crippen molar-refractivity contribution in [2.45, 2.75) is 19.3 Å². The second kappa shape index (κ2) is 4.12. The molecule has 2 N–H and O–H groups in total. The summed E-state index contributed by atoms with van der Waals surface area (Å²) in [6.07, 6.45) is 5.58. The van der Waals surface area contributed by atoms with Gasteiger partial charge in [0.15, 0.2) is 0 Å². The third kappa shape index (κ3) is 1.87. The zero-order valence-electron chi connectivity index (χ0n) is 10.1. The highest BCUT2D eigenvalue weighted by molar-refractivity contribution is 5.93. The molecule has 96 valence electrons. The Balaban J connectivity index is 1.64. The molecule has 0 aromatic carbocycles. The van der Waals surface area contributed by atoms with Crippen LogP contribution in [-0.2, 0) is 4.79 Å². The molecular formula is C12H16N4O2. The number of nitrogens with zero attached hydrogens (tertiary/aromatic N) is 2. The molecule has 0 radical (unpaired) electrons. The molecule has 2 aliphatic rings. The van der Waals surface area contributed by atoms with Gasteiger partial charge in [-0.25, -0.2) is 0 Å². The molecule has 0 bridgehead atoms. The normalized spacial score (nSPS) is 22.2. The number of hydrogen-bond acceptors (Lipinski definition) is 3. The smallest absolute Gasteiger partial charge is 0.257 e. The highest BCUT2D eigenvalue weighted by Gasteiger charge is 2.41. The Bertz CT molecular complexity index is 460. The Morgan fingerprint density at radius 2 is 2.17 bits per heavy atom. The summed E-state index contributed by atoms with van der Waals surface area (Å²) >= 11 is 0. The molecule has 0 saturated carbocycles. The number of aromatic nitrogens is 2. The van der Waals surface area contributed by atoms with E-state index >= 15 is 0 Å². The lowest BCUT2D eigenvalue weighted by Gasteiger charge is -2.38. The summed E-state index contributed by atoms with van der Waals surface area (Å²) in [6, 6.07) is 0. The summed E-state index contributed by atoms with van der Waals surface area (Å²) < 4.78 is 0. The predicted molar refractivity (Wildman–Crippen MR) is 63.8 cm³/mol. The number of amides is 2. The lowest BCUT2D eigenvalue weighted by atomic mass is 9.77. The third-order valence-electron chi connectivity index (χ3n) is 4.05. The first-order valence-electron chi connectivity index (χ1n) is 6.23. The lowest BCUT2D eigenvalue weighted by Crippen LogP contribution is -2.43. The maximum absolute atomic E-state index is 12.1. The summed E-state index contributed by atoms with van der Waals surface area (Å²) in [6.45, 7) is 2.21. The van der Waals surface area contributed by atoms with Crippen LogP contribution < -0.4 is 5.32 Å². The van der Waals surface area contributed by atoms with Gasteiger partial charge in [0.05, 0.1) is 11.8 Å². The predicted octanol–water partition coefficient (Wildman–Crippen LogP) is 0.152. The van der Waals surface area contributed by atoms with E-state index < -0.39 is 0 Å². The van der Waals surface area contributed by atoms with E-state index in [1.54, 1.807) is 12.4 Å². The van der Waals surface area contributed by atoms with Gasteiger partial charge in [0.1, 0.15) is 0 Å². The number of hydrogen-bond donors (Lipinski definition) is 2. The zero-order valence-corrected chi connectivity index (χ0v) is 10.1. The van der Waals surface area contributed by atoms with Crippen molar-refractivity contribution in [1.82, 2.24) is 20.4 Å². The number of aromatic amines is 1. The van der Waals surface area contributed by atoms with Crippen molar-refractivity contribution in [3.05, 3.63) is 18.0 Å². The number of rotatable bonds is 1. The maximum atomic E-state index is 12.1. The van der Waals surface area contributed by atoms with Crippen molar-refractivity contribution in [2.75, 3.05) is 19.6 Å². The molecule has 6 nitrogen and oxygen atoms in total. The van der Waals surface area contributed by atoms with Crippen molar-refractivity contribution in [2.24, 2.45) is 5.41 Å². The minimum atomic E-state index is 0.0240. The number of carbonyl (C=O) groups excluding carboxylic acids is 2. The molecular weight excluding hydrogens is 232 g/mol. The molecule has 2 aliphatic heterocycles. The minimum Gasteiger partial charge on any atom is -0.356 e. The van der Waals surface area contributed by atoms with Crippen molar-refractivity contribution >= 4 is 11.8 Å². The molecule has 1 aromatic heterocycles. The molecule has 1 aromatic rings. The zero-order chi connectivity index (χ0) is 12.6. The fourth-order valence-corrected chi connectivity index (χ4v) is 2.84. The Hall–Kier alpha value is -1.85. The highest BCUT2D eigenvalue weighted by atomic mass is 16.2. The van der Waals surface area contributed by atoms with Gasteiger partial charge in [-0.15, -0.1) is 0 Å². The molecule has 1 spiro atoms. The molecule has 2 fully saturated rings. The van der Waals surface area contributed by atoms with E-state index in [2.05, 4.69) is 15.5 Å². The van der Waals surface area contributed by atoms with Gasteiger partial charge in [-0.2, -0.15) is 5.10 Å². The van der Waals surface area contributed by atoms with E-state index in [4.69, 9.17) is 0 Å². The van der Waals surface area contributed by atoms with Gasteiger partial charge < -0.3 is 10.2 Å². The molecule has 6 heteroatoms. The highest BCUT2D eigenvalue weighted by Crippen LogP contribution is 2.37. The number of likely N-dealkylation sites (tertiary alicyclic amines) is 1. The monoisotopic (exact) mass is 248 g/mol. The van der Waals surface area contributed by atoms with Gasteiger partial charge in [0.25, 0.3) is 5.91 Å². The van der Waals surface area contributed by atoms with Crippen LogP contribution >= 0.6 is 0 Å². The molecule has 3 rings (SSSR count). The van der Waals surface area contributed by atoms with E-state index in [9.17, 15) is 9.59 Å². The van der Waals surface area contributed by atoms with E-state index in [0.29, 0.717) is 12.0 Å². The fraction of sp³-hybridized carbons (Fsp3) is 0.583. The van der Waals surface area contributed by atoms with Gasteiger partial charge in [-0.1, -0.05) is 0 Å². The van der Waals surface area contributed by atoms with Crippen LogP contribution in [0.1, 0.15) is 29.6 Å². The van der Waals surface area contributed by atoms with Crippen LogP contribution in [0.25, 0.3) is 0 Å². The first-order chi connectivity index (χ1) is 8.69.